The van der Waals surface area contributed by atoms with E-state index in [2.05, 4.69) is 0 Å². The SMILES string of the molecule is CN1C(=O)C2(CCN(C(=O)c3ccco3)CC2)c2ccccc21. The lowest BCUT2D eigenvalue weighted by atomic mass is 9.73. The lowest BCUT2D eigenvalue weighted by molar-refractivity contribution is -0.124. The summed E-state index contributed by atoms with van der Waals surface area (Å²) in [5.41, 5.74) is 1.60. The molecule has 2 aliphatic rings. The van der Waals surface area contributed by atoms with Crippen LogP contribution in [0.15, 0.2) is 47.1 Å². The van der Waals surface area contributed by atoms with Gasteiger partial charge in [0.15, 0.2) is 5.76 Å². The molecule has 5 heteroatoms. The van der Waals surface area contributed by atoms with E-state index in [9.17, 15) is 9.59 Å². The van der Waals surface area contributed by atoms with Gasteiger partial charge in [0.2, 0.25) is 5.91 Å². The summed E-state index contributed by atoms with van der Waals surface area (Å²) in [5.74, 6) is 0.400. The molecule has 1 aromatic heterocycles. The molecule has 2 aliphatic heterocycles. The number of likely N-dealkylation sites (N-methyl/N-ethyl adjacent to an activating group) is 1. The monoisotopic (exact) mass is 310 g/mol. The molecule has 0 atom stereocenters. The van der Waals surface area contributed by atoms with Crippen molar-refractivity contribution in [2.45, 2.75) is 18.3 Å². The number of para-hydroxylation sites is 1. The summed E-state index contributed by atoms with van der Waals surface area (Å²) in [6.07, 6.45) is 2.81. The number of rotatable bonds is 1. The van der Waals surface area contributed by atoms with Crippen molar-refractivity contribution in [3.05, 3.63) is 54.0 Å². The van der Waals surface area contributed by atoms with E-state index in [1.54, 1.807) is 21.9 Å². The number of furan rings is 1. The van der Waals surface area contributed by atoms with Crippen molar-refractivity contribution >= 4 is 17.5 Å². The lowest BCUT2D eigenvalue weighted by Gasteiger charge is -2.38. The molecule has 1 fully saturated rings. The number of benzene rings is 1. The molecular formula is C18H18N2O3. The molecule has 3 heterocycles. The van der Waals surface area contributed by atoms with Gasteiger partial charge in [-0.1, -0.05) is 18.2 Å². The molecule has 1 saturated heterocycles. The van der Waals surface area contributed by atoms with Gasteiger partial charge in [0, 0.05) is 25.8 Å². The molecule has 4 rings (SSSR count). The second-order valence-electron chi connectivity index (χ2n) is 6.23. The molecule has 2 aromatic rings. The normalized spacial score (nSPS) is 19.3. The fraction of sp³-hybridized carbons (Fsp3) is 0.333. The highest BCUT2D eigenvalue weighted by Crippen LogP contribution is 2.47. The van der Waals surface area contributed by atoms with Crippen LogP contribution in [0.2, 0.25) is 0 Å². The van der Waals surface area contributed by atoms with Gasteiger partial charge in [0.1, 0.15) is 0 Å². The van der Waals surface area contributed by atoms with E-state index < -0.39 is 5.41 Å². The summed E-state index contributed by atoms with van der Waals surface area (Å²) in [6, 6.07) is 11.4. The fourth-order valence-corrected chi connectivity index (χ4v) is 3.85. The van der Waals surface area contributed by atoms with E-state index in [-0.39, 0.29) is 11.8 Å². The van der Waals surface area contributed by atoms with Crippen molar-refractivity contribution < 1.29 is 14.0 Å². The molecule has 0 aliphatic carbocycles. The Morgan fingerprint density at radius 2 is 1.87 bits per heavy atom. The molecule has 5 nitrogen and oxygen atoms in total. The number of carbonyl (C=O) groups excluding carboxylic acids is 2. The van der Waals surface area contributed by atoms with Gasteiger partial charge in [-0.3, -0.25) is 9.59 Å². The first-order valence-corrected chi connectivity index (χ1v) is 7.84. The second-order valence-corrected chi connectivity index (χ2v) is 6.23. The third-order valence-electron chi connectivity index (χ3n) is 5.13. The Morgan fingerprint density at radius 3 is 2.57 bits per heavy atom. The molecule has 23 heavy (non-hydrogen) atoms. The average molecular weight is 310 g/mol. The summed E-state index contributed by atoms with van der Waals surface area (Å²) in [5, 5.41) is 0. The molecule has 2 amide bonds. The van der Waals surface area contributed by atoms with E-state index in [1.165, 1.54) is 6.26 Å². The number of anilines is 1. The summed E-state index contributed by atoms with van der Waals surface area (Å²) in [4.78, 5) is 28.8. The largest absolute Gasteiger partial charge is 0.459 e. The third-order valence-corrected chi connectivity index (χ3v) is 5.13. The van der Waals surface area contributed by atoms with Crippen molar-refractivity contribution in [2.75, 3.05) is 25.0 Å². The molecule has 0 radical (unpaired) electrons. The van der Waals surface area contributed by atoms with Gasteiger partial charge in [-0.05, 0) is 36.6 Å². The number of carbonyl (C=O) groups is 2. The van der Waals surface area contributed by atoms with Crippen LogP contribution in [0.25, 0.3) is 0 Å². The fourth-order valence-electron chi connectivity index (χ4n) is 3.85. The van der Waals surface area contributed by atoms with E-state index in [0.29, 0.717) is 31.7 Å². The van der Waals surface area contributed by atoms with E-state index in [1.807, 2.05) is 31.3 Å². The van der Waals surface area contributed by atoms with E-state index >= 15 is 0 Å². The molecule has 0 bridgehead atoms. The van der Waals surface area contributed by atoms with Crippen molar-refractivity contribution in [3.8, 4) is 0 Å². The maximum atomic E-state index is 12.8. The quantitative estimate of drug-likeness (QED) is 0.813. The minimum atomic E-state index is -0.481. The molecule has 1 spiro atoms. The van der Waals surface area contributed by atoms with Crippen LogP contribution < -0.4 is 4.90 Å². The zero-order valence-corrected chi connectivity index (χ0v) is 13.0. The van der Waals surface area contributed by atoms with Crippen LogP contribution >= 0.6 is 0 Å². The number of hydrogen-bond acceptors (Lipinski definition) is 3. The van der Waals surface area contributed by atoms with Crippen molar-refractivity contribution in [3.63, 3.8) is 0 Å². The summed E-state index contributed by atoms with van der Waals surface area (Å²) in [7, 11) is 1.83. The first-order valence-electron chi connectivity index (χ1n) is 7.84. The molecule has 0 unspecified atom stereocenters. The first kappa shape index (κ1) is 14.1. The number of fused-ring (bicyclic) bond motifs is 2. The van der Waals surface area contributed by atoms with Crippen LogP contribution in [0, 0.1) is 0 Å². The maximum Gasteiger partial charge on any atom is 0.289 e. The van der Waals surface area contributed by atoms with Gasteiger partial charge in [-0.15, -0.1) is 0 Å². The Morgan fingerprint density at radius 1 is 1.13 bits per heavy atom. The minimum Gasteiger partial charge on any atom is -0.459 e. The highest BCUT2D eigenvalue weighted by molar-refractivity contribution is 6.08. The predicted molar refractivity (Wildman–Crippen MR) is 85.4 cm³/mol. The van der Waals surface area contributed by atoms with Gasteiger partial charge in [0.25, 0.3) is 5.91 Å². The first-order chi connectivity index (χ1) is 11.1. The van der Waals surface area contributed by atoms with Crippen molar-refractivity contribution in [2.24, 2.45) is 0 Å². The average Bonchev–Trinajstić information content (AvgIpc) is 3.20. The van der Waals surface area contributed by atoms with Gasteiger partial charge in [-0.2, -0.15) is 0 Å². The van der Waals surface area contributed by atoms with Crippen molar-refractivity contribution in [1.29, 1.82) is 0 Å². The van der Waals surface area contributed by atoms with Gasteiger partial charge < -0.3 is 14.2 Å². The number of nitrogens with zero attached hydrogens (tertiary/aromatic N) is 2. The van der Waals surface area contributed by atoms with Crippen LogP contribution in [0.4, 0.5) is 5.69 Å². The van der Waals surface area contributed by atoms with Crippen molar-refractivity contribution in [1.82, 2.24) is 4.90 Å². The predicted octanol–water partition coefficient (Wildman–Crippen LogP) is 2.43. The highest BCUT2D eigenvalue weighted by atomic mass is 16.3. The summed E-state index contributed by atoms with van der Waals surface area (Å²) in [6.45, 7) is 1.13. The van der Waals surface area contributed by atoms with E-state index in [0.717, 1.165) is 11.3 Å². The van der Waals surface area contributed by atoms with Crippen LogP contribution in [-0.2, 0) is 10.2 Å². The summed E-state index contributed by atoms with van der Waals surface area (Å²) < 4.78 is 5.19. The van der Waals surface area contributed by atoms with Gasteiger partial charge >= 0.3 is 0 Å². The van der Waals surface area contributed by atoms with Crippen LogP contribution in [0.5, 0.6) is 0 Å². The standard InChI is InChI=1S/C18H18N2O3/c1-19-14-6-3-2-5-13(14)18(17(19)22)8-10-20(11-9-18)16(21)15-7-4-12-23-15/h2-7,12H,8-11H2,1H3. The number of likely N-dealkylation sites (tertiary alicyclic amines) is 1. The number of amides is 2. The Bertz CT molecular complexity index is 758. The number of piperidine rings is 1. The van der Waals surface area contributed by atoms with E-state index in [4.69, 9.17) is 4.42 Å². The van der Waals surface area contributed by atoms with Gasteiger partial charge in [0.05, 0.1) is 11.7 Å². The Kier molecular flexibility index (Phi) is 3.04. The minimum absolute atomic E-state index is 0.100. The van der Waals surface area contributed by atoms with Crippen LogP contribution in [-0.4, -0.2) is 36.9 Å². The molecule has 1 aromatic carbocycles. The summed E-state index contributed by atoms with van der Waals surface area (Å²) >= 11 is 0. The molecule has 0 saturated carbocycles. The third kappa shape index (κ3) is 1.92. The smallest absolute Gasteiger partial charge is 0.289 e. The molecule has 118 valence electrons. The molecular weight excluding hydrogens is 292 g/mol. The second kappa shape index (κ2) is 4.98. The number of hydrogen-bond donors (Lipinski definition) is 0. The Hall–Kier alpha value is -2.56. The maximum absolute atomic E-state index is 12.8. The zero-order valence-electron chi connectivity index (χ0n) is 13.0. The van der Waals surface area contributed by atoms with Gasteiger partial charge in [-0.25, -0.2) is 0 Å². The van der Waals surface area contributed by atoms with Crippen LogP contribution in [0.3, 0.4) is 0 Å². The Balaban J connectivity index is 1.60. The molecule has 0 N–H and O–H groups in total. The lowest BCUT2D eigenvalue weighted by Crippen LogP contribution is -2.49. The topological polar surface area (TPSA) is 53.8 Å². The Labute approximate surface area is 134 Å². The van der Waals surface area contributed by atoms with Crippen LogP contribution in [0.1, 0.15) is 29.0 Å². The zero-order chi connectivity index (χ0) is 16.0. The highest BCUT2D eigenvalue weighted by Gasteiger charge is 2.51.